The Morgan fingerprint density at radius 3 is 2.50 bits per heavy atom. The topological polar surface area (TPSA) is 60.5 Å². The molecule has 0 radical (unpaired) electrons. The van der Waals surface area contributed by atoms with Gasteiger partial charge in [0.2, 0.25) is 11.8 Å². The average molecular weight is 383 g/mol. The zero-order valence-corrected chi connectivity index (χ0v) is 16.9. The molecule has 1 heterocycles. The molecular formula is C23H30N2O3. The summed E-state index contributed by atoms with van der Waals surface area (Å²) in [5.41, 5.74) is 2.14. The molecule has 0 atom stereocenters. The molecule has 1 aromatic carbocycles. The van der Waals surface area contributed by atoms with E-state index in [0.29, 0.717) is 25.7 Å². The Morgan fingerprint density at radius 2 is 1.82 bits per heavy atom. The van der Waals surface area contributed by atoms with Crippen LogP contribution in [0.5, 0.6) is 5.88 Å². The van der Waals surface area contributed by atoms with E-state index in [-0.39, 0.29) is 5.91 Å². The van der Waals surface area contributed by atoms with Crippen molar-refractivity contribution in [1.29, 1.82) is 0 Å². The summed E-state index contributed by atoms with van der Waals surface area (Å²) in [4.78, 5) is 17.9. The first-order chi connectivity index (χ1) is 13.7. The van der Waals surface area contributed by atoms with Crippen LogP contribution in [0.1, 0.15) is 50.3 Å². The van der Waals surface area contributed by atoms with Gasteiger partial charge in [0.05, 0.1) is 23.4 Å². The summed E-state index contributed by atoms with van der Waals surface area (Å²) >= 11 is 0. The molecular weight excluding hydrogens is 352 g/mol. The van der Waals surface area contributed by atoms with E-state index in [9.17, 15) is 4.79 Å². The second-order valence-corrected chi connectivity index (χ2v) is 7.29. The Kier molecular flexibility index (Phi) is 7.04. The van der Waals surface area contributed by atoms with Crippen LogP contribution in [0.25, 0.3) is 0 Å². The normalized spacial score (nSPS) is 15.8. The van der Waals surface area contributed by atoms with E-state index in [0.717, 1.165) is 42.6 Å². The molecule has 2 aromatic rings. The number of hydrogen-bond donors (Lipinski definition) is 1. The zero-order chi connectivity index (χ0) is 19.8. The van der Waals surface area contributed by atoms with Crippen LogP contribution in [0.2, 0.25) is 0 Å². The molecule has 1 N–H and O–H groups in total. The quantitative estimate of drug-likeness (QED) is 0.675. The summed E-state index contributed by atoms with van der Waals surface area (Å²) in [6.07, 6.45) is 5.11. The number of aryl methyl sites for hydroxylation is 1. The van der Waals surface area contributed by atoms with Crippen LogP contribution in [0.3, 0.4) is 0 Å². The number of pyridine rings is 1. The number of carbonyl (C=O) groups is 1. The second-order valence-electron chi connectivity index (χ2n) is 7.29. The van der Waals surface area contributed by atoms with Crippen LogP contribution < -0.4 is 10.1 Å². The third-order valence-electron chi connectivity index (χ3n) is 5.46. The van der Waals surface area contributed by atoms with Gasteiger partial charge < -0.3 is 14.8 Å². The standard InChI is InChI=1S/C23H30N2O3/c1-3-27-16-17-28-21-13-12-20(18(2)24-21)25-22(26)23(14-8-5-9-15-23)19-10-6-4-7-11-19/h4,6-7,10-13H,3,5,8-9,14-17H2,1-2H3,(H,25,26). The molecule has 0 saturated heterocycles. The molecule has 1 aliphatic carbocycles. The Hall–Kier alpha value is -2.40. The molecule has 0 spiro atoms. The number of aromatic nitrogens is 1. The van der Waals surface area contributed by atoms with Crippen molar-refractivity contribution in [1.82, 2.24) is 4.98 Å². The summed E-state index contributed by atoms with van der Waals surface area (Å²) < 4.78 is 10.9. The molecule has 150 valence electrons. The van der Waals surface area contributed by atoms with E-state index in [2.05, 4.69) is 22.4 Å². The highest BCUT2D eigenvalue weighted by molar-refractivity contribution is 5.99. The second kappa shape index (κ2) is 9.69. The molecule has 1 aromatic heterocycles. The fourth-order valence-electron chi connectivity index (χ4n) is 3.90. The van der Waals surface area contributed by atoms with Gasteiger partial charge in [0.1, 0.15) is 6.61 Å². The van der Waals surface area contributed by atoms with Gasteiger partial charge in [0.25, 0.3) is 0 Å². The molecule has 5 nitrogen and oxygen atoms in total. The van der Waals surface area contributed by atoms with Gasteiger partial charge in [-0.2, -0.15) is 0 Å². The first-order valence-electron chi connectivity index (χ1n) is 10.2. The highest BCUT2D eigenvalue weighted by atomic mass is 16.5. The number of ether oxygens (including phenoxy) is 2. The number of rotatable bonds is 8. The first kappa shape index (κ1) is 20.3. The molecule has 0 aliphatic heterocycles. The lowest BCUT2D eigenvalue weighted by Gasteiger charge is -2.36. The van der Waals surface area contributed by atoms with Gasteiger partial charge in [0, 0.05) is 12.7 Å². The Labute approximate surface area is 167 Å². The van der Waals surface area contributed by atoms with Crippen molar-refractivity contribution >= 4 is 11.6 Å². The van der Waals surface area contributed by atoms with Gasteiger partial charge in [-0.3, -0.25) is 4.79 Å². The van der Waals surface area contributed by atoms with Crippen LogP contribution in [-0.4, -0.2) is 30.7 Å². The van der Waals surface area contributed by atoms with E-state index in [1.807, 2.05) is 38.1 Å². The number of benzene rings is 1. The van der Waals surface area contributed by atoms with Crippen molar-refractivity contribution in [2.24, 2.45) is 0 Å². The molecule has 5 heteroatoms. The lowest BCUT2D eigenvalue weighted by atomic mass is 9.68. The minimum absolute atomic E-state index is 0.0633. The van der Waals surface area contributed by atoms with E-state index in [1.165, 1.54) is 6.42 Å². The highest BCUT2D eigenvalue weighted by Gasteiger charge is 2.41. The molecule has 3 rings (SSSR count). The highest BCUT2D eigenvalue weighted by Crippen LogP contribution is 2.40. The van der Waals surface area contributed by atoms with Gasteiger partial charge in [-0.25, -0.2) is 4.98 Å². The number of nitrogens with zero attached hydrogens (tertiary/aromatic N) is 1. The van der Waals surface area contributed by atoms with Crippen molar-refractivity contribution in [3.8, 4) is 5.88 Å². The number of nitrogens with one attached hydrogen (secondary N) is 1. The third-order valence-corrected chi connectivity index (χ3v) is 5.46. The van der Waals surface area contributed by atoms with Gasteiger partial charge in [-0.05, 0) is 38.3 Å². The number of anilines is 1. The van der Waals surface area contributed by atoms with E-state index in [1.54, 1.807) is 6.07 Å². The summed E-state index contributed by atoms with van der Waals surface area (Å²) in [6.45, 7) is 5.51. The van der Waals surface area contributed by atoms with Crippen LogP contribution in [0.15, 0.2) is 42.5 Å². The minimum Gasteiger partial charge on any atom is -0.475 e. The predicted octanol–water partition coefficient (Wildman–Crippen LogP) is 4.65. The fraction of sp³-hybridized carbons (Fsp3) is 0.478. The summed E-state index contributed by atoms with van der Waals surface area (Å²) in [6, 6.07) is 13.8. The van der Waals surface area contributed by atoms with Crippen LogP contribution in [0.4, 0.5) is 5.69 Å². The average Bonchev–Trinajstić information content (AvgIpc) is 2.74. The first-order valence-corrected chi connectivity index (χ1v) is 10.2. The number of carbonyl (C=O) groups excluding carboxylic acids is 1. The minimum atomic E-state index is -0.460. The van der Waals surface area contributed by atoms with E-state index in [4.69, 9.17) is 9.47 Å². The molecule has 0 unspecified atom stereocenters. The Balaban J connectivity index is 1.73. The van der Waals surface area contributed by atoms with Crippen molar-refractivity contribution in [2.45, 2.75) is 51.4 Å². The monoisotopic (exact) mass is 382 g/mol. The number of hydrogen-bond acceptors (Lipinski definition) is 4. The predicted molar refractivity (Wildman–Crippen MR) is 111 cm³/mol. The van der Waals surface area contributed by atoms with Gasteiger partial charge in [-0.1, -0.05) is 49.6 Å². The largest absolute Gasteiger partial charge is 0.475 e. The van der Waals surface area contributed by atoms with Gasteiger partial charge >= 0.3 is 0 Å². The van der Waals surface area contributed by atoms with Gasteiger partial charge in [-0.15, -0.1) is 0 Å². The summed E-state index contributed by atoms with van der Waals surface area (Å²) in [5, 5.41) is 3.14. The Morgan fingerprint density at radius 1 is 1.07 bits per heavy atom. The molecule has 0 bridgehead atoms. The fourth-order valence-corrected chi connectivity index (χ4v) is 3.90. The van der Waals surface area contributed by atoms with Crippen molar-refractivity contribution < 1.29 is 14.3 Å². The smallest absolute Gasteiger partial charge is 0.235 e. The van der Waals surface area contributed by atoms with Gasteiger partial charge in [0.15, 0.2) is 0 Å². The van der Waals surface area contributed by atoms with Crippen molar-refractivity contribution in [2.75, 3.05) is 25.1 Å². The van der Waals surface area contributed by atoms with Crippen molar-refractivity contribution in [3.63, 3.8) is 0 Å². The lowest BCUT2D eigenvalue weighted by Crippen LogP contribution is -2.42. The zero-order valence-electron chi connectivity index (χ0n) is 16.9. The Bertz CT molecular complexity index is 771. The number of amides is 1. The summed E-state index contributed by atoms with van der Waals surface area (Å²) in [5.74, 6) is 0.610. The molecule has 1 amide bonds. The van der Waals surface area contributed by atoms with Crippen molar-refractivity contribution in [3.05, 3.63) is 53.7 Å². The van der Waals surface area contributed by atoms with E-state index >= 15 is 0 Å². The maximum absolute atomic E-state index is 13.4. The third kappa shape index (κ3) is 4.71. The van der Waals surface area contributed by atoms with Crippen LogP contribution in [0, 0.1) is 6.92 Å². The molecule has 1 aliphatic rings. The summed E-state index contributed by atoms with van der Waals surface area (Å²) in [7, 11) is 0. The maximum Gasteiger partial charge on any atom is 0.235 e. The molecule has 1 saturated carbocycles. The van der Waals surface area contributed by atoms with Crippen LogP contribution in [-0.2, 0) is 14.9 Å². The molecule has 28 heavy (non-hydrogen) atoms. The molecule has 1 fully saturated rings. The lowest BCUT2D eigenvalue weighted by molar-refractivity contribution is -0.122. The maximum atomic E-state index is 13.4. The van der Waals surface area contributed by atoms with Crippen LogP contribution >= 0.6 is 0 Å². The SMILES string of the molecule is CCOCCOc1ccc(NC(=O)C2(c3ccccc3)CCCCC2)c(C)n1. The van der Waals surface area contributed by atoms with E-state index < -0.39 is 5.41 Å².